The van der Waals surface area contributed by atoms with Gasteiger partial charge in [-0.3, -0.25) is 0 Å². The third kappa shape index (κ3) is 6.49. The second-order valence-electron chi connectivity index (χ2n) is 7.30. The van der Waals surface area contributed by atoms with Gasteiger partial charge in [0.15, 0.2) is 11.5 Å². The summed E-state index contributed by atoms with van der Waals surface area (Å²) in [6.07, 6.45) is 2.15. The molecule has 0 saturated carbocycles. The molecule has 0 aliphatic carbocycles. The van der Waals surface area contributed by atoms with Crippen LogP contribution in [0.25, 0.3) is 0 Å². The van der Waals surface area contributed by atoms with Crippen molar-refractivity contribution in [1.29, 1.82) is 0 Å². The fourth-order valence-electron chi connectivity index (χ4n) is 3.20. The van der Waals surface area contributed by atoms with Gasteiger partial charge < -0.3 is 14.8 Å². The van der Waals surface area contributed by atoms with E-state index in [1.54, 1.807) is 7.11 Å². The monoisotopic (exact) mass is 487 g/mol. The van der Waals surface area contributed by atoms with Crippen LogP contribution in [0.15, 0.2) is 71.2 Å². The molecule has 1 atom stereocenters. The summed E-state index contributed by atoms with van der Waals surface area (Å²) in [4.78, 5) is 0. The maximum absolute atomic E-state index is 6.23. The van der Waals surface area contributed by atoms with Crippen LogP contribution in [0.1, 0.15) is 30.0 Å². The van der Waals surface area contributed by atoms with Crippen molar-refractivity contribution in [2.75, 3.05) is 7.11 Å². The molecule has 3 aromatic rings. The van der Waals surface area contributed by atoms with E-state index in [1.165, 1.54) is 5.56 Å². The number of benzene rings is 3. The fraction of sp³-hybridized carbons (Fsp3) is 0.280. The Kier molecular flexibility index (Phi) is 8.61. The molecule has 0 fully saturated rings. The molecule has 3 rings (SSSR count). The lowest BCUT2D eigenvalue weighted by Gasteiger charge is -2.17. The Morgan fingerprint density at radius 2 is 1.73 bits per heavy atom. The smallest absolute Gasteiger partial charge is 0.175 e. The molecule has 0 aliphatic rings. The van der Waals surface area contributed by atoms with Crippen molar-refractivity contribution in [3.05, 3.63) is 92.9 Å². The first-order valence-corrected chi connectivity index (χ1v) is 11.2. The van der Waals surface area contributed by atoms with Gasteiger partial charge in [0.05, 0.1) is 11.6 Å². The summed E-state index contributed by atoms with van der Waals surface area (Å²) in [5.74, 6) is 1.38. The SMILES string of the molecule is COc1cc(CN[C@H](C)CCc2ccccc2)cc(Br)c1OCc1ccccc1Cl. The summed E-state index contributed by atoms with van der Waals surface area (Å²) in [6, 6.07) is 22.8. The second-order valence-corrected chi connectivity index (χ2v) is 8.56. The van der Waals surface area contributed by atoms with E-state index in [9.17, 15) is 0 Å². The molecular weight excluding hydrogens is 462 g/mol. The van der Waals surface area contributed by atoms with E-state index < -0.39 is 0 Å². The lowest BCUT2D eigenvalue weighted by Crippen LogP contribution is -2.26. The summed E-state index contributed by atoms with van der Waals surface area (Å²) < 4.78 is 12.5. The van der Waals surface area contributed by atoms with Gasteiger partial charge in [-0.2, -0.15) is 0 Å². The second kappa shape index (κ2) is 11.4. The molecule has 0 radical (unpaired) electrons. The molecule has 0 bridgehead atoms. The fourth-order valence-corrected chi connectivity index (χ4v) is 4.00. The van der Waals surface area contributed by atoms with Gasteiger partial charge in [-0.05, 0) is 65.0 Å². The Morgan fingerprint density at radius 3 is 2.47 bits per heavy atom. The van der Waals surface area contributed by atoms with Crippen molar-refractivity contribution < 1.29 is 9.47 Å². The van der Waals surface area contributed by atoms with E-state index in [0.717, 1.165) is 35.0 Å². The largest absolute Gasteiger partial charge is 0.493 e. The Morgan fingerprint density at radius 1 is 1.00 bits per heavy atom. The number of halogens is 2. The van der Waals surface area contributed by atoms with Crippen LogP contribution in [-0.4, -0.2) is 13.2 Å². The molecule has 3 nitrogen and oxygen atoms in total. The first-order valence-electron chi connectivity index (χ1n) is 10.1. The molecule has 0 saturated heterocycles. The van der Waals surface area contributed by atoms with Crippen LogP contribution in [0.4, 0.5) is 0 Å². The molecule has 0 heterocycles. The average Bonchev–Trinajstić information content (AvgIpc) is 2.77. The molecule has 3 aromatic carbocycles. The van der Waals surface area contributed by atoms with E-state index in [-0.39, 0.29) is 0 Å². The topological polar surface area (TPSA) is 30.5 Å². The van der Waals surface area contributed by atoms with Crippen LogP contribution < -0.4 is 14.8 Å². The molecule has 158 valence electrons. The van der Waals surface area contributed by atoms with Gasteiger partial charge in [0.25, 0.3) is 0 Å². The minimum atomic E-state index is 0.378. The summed E-state index contributed by atoms with van der Waals surface area (Å²) in [5.41, 5.74) is 3.44. The minimum absolute atomic E-state index is 0.378. The maximum Gasteiger partial charge on any atom is 0.175 e. The van der Waals surface area contributed by atoms with Gasteiger partial charge >= 0.3 is 0 Å². The number of hydrogen-bond acceptors (Lipinski definition) is 3. The summed E-state index contributed by atoms with van der Waals surface area (Å²) in [7, 11) is 1.66. The van der Waals surface area contributed by atoms with E-state index in [2.05, 4.69) is 64.6 Å². The molecule has 0 amide bonds. The van der Waals surface area contributed by atoms with Crippen molar-refractivity contribution in [1.82, 2.24) is 5.32 Å². The first kappa shape index (κ1) is 22.7. The quantitative estimate of drug-likeness (QED) is 0.340. The van der Waals surface area contributed by atoms with Crippen LogP contribution in [0.3, 0.4) is 0 Å². The molecule has 0 aliphatic heterocycles. The van der Waals surface area contributed by atoms with Gasteiger partial charge in [0.2, 0.25) is 0 Å². The molecule has 1 N–H and O–H groups in total. The predicted octanol–water partition coefficient (Wildman–Crippen LogP) is 6.80. The van der Waals surface area contributed by atoms with Crippen molar-refractivity contribution in [3.8, 4) is 11.5 Å². The highest BCUT2D eigenvalue weighted by atomic mass is 79.9. The predicted molar refractivity (Wildman–Crippen MR) is 128 cm³/mol. The molecule has 0 spiro atoms. The summed E-state index contributed by atoms with van der Waals surface area (Å²) in [6.45, 7) is 3.36. The normalized spacial score (nSPS) is 11.9. The zero-order chi connectivity index (χ0) is 21.3. The molecule has 5 heteroatoms. The Labute approximate surface area is 192 Å². The number of rotatable bonds is 10. The van der Waals surface area contributed by atoms with Gasteiger partial charge in [-0.15, -0.1) is 0 Å². The third-order valence-corrected chi connectivity index (χ3v) is 5.94. The van der Waals surface area contributed by atoms with E-state index in [1.807, 2.05) is 30.3 Å². The molecule has 0 aromatic heterocycles. The Bertz CT molecular complexity index is 949. The highest BCUT2D eigenvalue weighted by molar-refractivity contribution is 9.10. The minimum Gasteiger partial charge on any atom is -0.493 e. The van der Waals surface area contributed by atoms with E-state index >= 15 is 0 Å². The van der Waals surface area contributed by atoms with E-state index in [4.69, 9.17) is 21.1 Å². The van der Waals surface area contributed by atoms with Crippen LogP contribution in [0, 0.1) is 0 Å². The number of hydrogen-bond donors (Lipinski definition) is 1. The summed E-state index contributed by atoms with van der Waals surface area (Å²) >= 11 is 9.87. The van der Waals surface area contributed by atoms with Crippen molar-refractivity contribution in [3.63, 3.8) is 0 Å². The standard InChI is InChI=1S/C25H27BrClNO2/c1-18(12-13-19-8-4-3-5-9-19)28-16-20-14-22(26)25(24(15-20)29-2)30-17-21-10-6-7-11-23(21)27/h3-11,14-15,18,28H,12-13,16-17H2,1-2H3/t18-/m1/s1. The lowest BCUT2D eigenvalue weighted by atomic mass is 10.1. The number of aryl methyl sites for hydroxylation is 1. The molecule has 30 heavy (non-hydrogen) atoms. The highest BCUT2D eigenvalue weighted by Gasteiger charge is 2.13. The maximum atomic E-state index is 6.23. The number of nitrogens with one attached hydrogen (secondary N) is 1. The van der Waals surface area contributed by atoms with Crippen LogP contribution in [-0.2, 0) is 19.6 Å². The molecular formula is C25H27BrClNO2. The van der Waals surface area contributed by atoms with Crippen molar-refractivity contribution in [2.45, 2.75) is 39.0 Å². The van der Waals surface area contributed by atoms with Crippen LogP contribution in [0.2, 0.25) is 5.02 Å². The van der Waals surface area contributed by atoms with Gasteiger partial charge in [0, 0.05) is 23.2 Å². The van der Waals surface area contributed by atoms with Crippen LogP contribution in [0.5, 0.6) is 11.5 Å². The highest BCUT2D eigenvalue weighted by Crippen LogP contribution is 2.37. The van der Waals surface area contributed by atoms with Gasteiger partial charge in [-0.25, -0.2) is 0 Å². The van der Waals surface area contributed by atoms with Crippen molar-refractivity contribution in [2.24, 2.45) is 0 Å². The van der Waals surface area contributed by atoms with E-state index in [0.29, 0.717) is 29.2 Å². The zero-order valence-electron chi connectivity index (χ0n) is 17.3. The van der Waals surface area contributed by atoms with Gasteiger partial charge in [0.1, 0.15) is 6.61 Å². The Balaban J connectivity index is 1.58. The van der Waals surface area contributed by atoms with Crippen molar-refractivity contribution >= 4 is 27.5 Å². The molecule has 0 unspecified atom stereocenters. The number of ether oxygens (including phenoxy) is 2. The zero-order valence-corrected chi connectivity index (χ0v) is 19.7. The third-order valence-electron chi connectivity index (χ3n) is 4.98. The van der Waals surface area contributed by atoms with Crippen LogP contribution >= 0.6 is 27.5 Å². The van der Waals surface area contributed by atoms with Gasteiger partial charge in [-0.1, -0.05) is 60.1 Å². The average molecular weight is 489 g/mol. The number of methoxy groups -OCH3 is 1. The Hall–Kier alpha value is -2.01. The summed E-state index contributed by atoms with van der Waals surface area (Å²) in [5, 5.41) is 4.29. The first-order chi connectivity index (χ1) is 14.6. The lowest BCUT2D eigenvalue weighted by molar-refractivity contribution is 0.282.